The molecule has 3 aliphatic heterocycles. The summed E-state index contributed by atoms with van der Waals surface area (Å²) in [5.74, 6) is -0.540. The molecule has 3 saturated heterocycles. The van der Waals surface area contributed by atoms with Crippen LogP contribution in [0.1, 0.15) is 109 Å². The third kappa shape index (κ3) is 12.2. The average Bonchev–Trinajstić information content (AvgIpc) is 3.94. The van der Waals surface area contributed by atoms with E-state index in [0.29, 0.717) is 45.9 Å². The van der Waals surface area contributed by atoms with Gasteiger partial charge in [0.2, 0.25) is 0 Å². The fraction of sp³-hybridized carbons (Fsp3) is 0.574. The number of ether oxygens (including phenoxy) is 3. The third-order valence-corrected chi connectivity index (χ3v) is 11.7. The van der Waals surface area contributed by atoms with E-state index in [4.69, 9.17) is 14.2 Å². The lowest BCUT2D eigenvalue weighted by Gasteiger charge is -2.48. The maximum atomic E-state index is 13.3. The number of carbonyl (C=O) groups excluding carboxylic acids is 2. The van der Waals surface area contributed by atoms with Gasteiger partial charge in [-0.15, -0.1) is 0 Å². The topological polar surface area (TPSA) is 151 Å². The van der Waals surface area contributed by atoms with Gasteiger partial charge in [0.1, 0.15) is 22.8 Å². The summed E-state index contributed by atoms with van der Waals surface area (Å²) in [6.45, 7) is 19.1. The minimum atomic E-state index is -0.598. The highest BCUT2D eigenvalue weighted by molar-refractivity contribution is 5.68. The highest BCUT2D eigenvalue weighted by Gasteiger charge is 2.41. The maximum absolute atomic E-state index is 13.3. The molecule has 64 heavy (non-hydrogen) atoms. The summed E-state index contributed by atoms with van der Waals surface area (Å²) in [6, 6.07) is 12.1. The predicted molar refractivity (Wildman–Crippen MR) is 239 cm³/mol. The number of benzene rings is 2. The van der Waals surface area contributed by atoms with Crippen LogP contribution < -0.4 is 0 Å². The van der Waals surface area contributed by atoms with Gasteiger partial charge >= 0.3 is 12.2 Å². The number of aliphatic hydroxyl groups is 2. The second-order valence-electron chi connectivity index (χ2n) is 18.5. The minimum absolute atomic E-state index is 0. The minimum Gasteiger partial charge on any atom is -0.444 e. The molecule has 17 heteroatoms. The first kappa shape index (κ1) is 50.1. The molecule has 6 atom stereocenters. The molecular weight excluding hydrogens is 827 g/mol. The predicted octanol–water partition coefficient (Wildman–Crippen LogP) is 6.84. The van der Waals surface area contributed by atoms with Crippen molar-refractivity contribution in [1.82, 2.24) is 38.7 Å². The van der Waals surface area contributed by atoms with Crippen LogP contribution in [-0.2, 0) is 14.2 Å². The van der Waals surface area contributed by atoms with Crippen LogP contribution in [0.5, 0.6) is 0 Å². The molecule has 2 amide bonds. The monoisotopic (exact) mass is 895 g/mol. The zero-order valence-electron chi connectivity index (χ0n) is 37.7. The number of piperazine rings is 2. The largest absolute Gasteiger partial charge is 0.444 e. The van der Waals surface area contributed by atoms with E-state index in [1.54, 1.807) is 34.5 Å². The molecule has 7 rings (SSSR count). The van der Waals surface area contributed by atoms with Crippen LogP contribution in [0.4, 0.5) is 18.4 Å². The maximum Gasteiger partial charge on any atom is 0.410 e. The number of imidazole rings is 2. The quantitative estimate of drug-likeness (QED) is 0.182. The van der Waals surface area contributed by atoms with Crippen molar-refractivity contribution < 1.29 is 42.8 Å². The summed E-state index contributed by atoms with van der Waals surface area (Å²) in [4.78, 5) is 41.5. The Hall–Kier alpha value is -4.94. The molecule has 2 aromatic heterocycles. The Morgan fingerprint density at radius 2 is 1.27 bits per heavy atom. The molecule has 0 bridgehead atoms. The van der Waals surface area contributed by atoms with Gasteiger partial charge in [-0.2, -0.15) is 0 Å². The summed E-state index contributed by atoms with van der Waals surface area (Å²) in [5.41, 5.74) is 2.67. The average molecular weight is 895 g/mol. The fourth-order valence-electron chi connectivity index (χ4n) is 8.49. The number of aliphatic hydroxyl groups excluding tert-OH is 2. The summed E-state index contributed by atoms with van der Waals surface area (Å²) < 4.78 is 47.7. The first-order valence-electron chi connectivity index (χ1n) is 21.7. The summed E-state index contributed by atoms with van der Waals surface area (Å²) in [6.07, 6.45) is 6.42. The highest BCUT2D eigenvalue weighted by Crippen LogP contribution is 2.33. The molecule has 2 N–H and O–H groups in total. The van der Waals surface area contributed by atoms with Crippen LogP contribution in [0.2, 0.25) is 0 Å². The first-order chi connectivity index (χ1) is 29.9. The lowest BCUT2D eigenvalue weighted by Crippen LogP contribution is -2.60. The van der Waals surface area contributed by atoms with Crippen molar-refractivity contribution in [3.63, 3.8) is 0 Å². The highest BCUT2D eigenvalue weighted by atomic mass is 19.1. The number of hydrogen-bond donors (Lipinski definition) is 2. The van der Waals surface area contributed by atoms with Gasteiger partial charge in [-0.1, -0.05) is 31.7 Å². The van der Waals surface area contributed by atoms with E-state index in [1.807, 2.05) is 82.6 Å². The number of fused-ring (bicyclic) bond motifs is 1. The van der Waals surface area contributed by atoms with Crippen molar-refractivity contribution in [2.45, 2.75) is 110 Å². The van der Waals surface area contributed by atoms with E-state index >= 15 is 0 Å². The van der Waals surface area contributed by atoms with Crippen LogP contribution in [-0.4, -0.2) is 150 Å². The zero-order valence-corrected chi connectivity index (χ0v) is 37.7. The van der Waals surface area contributed by atoms with E-state index in [9.17, 15) is 28.6 Å². The van der Waals surface area contributed by atoms with Gasteiger partial charge in [0, 0.05) is 51.7 Å². The Morgan fingerprint density at radius 1 is 0.750 bits per heavy atom. The molecule has 15 nitrogen and oxygen atoms in total. The van der Waals surface area contributed by atoms with Crippen molar-refractivity contribution in [3.05, 3.63) is 108 Å². The number of hydrogen-bond acceptors (Lipinski definition) is 11. The van der Waals surface area contributed by atoms with Crippen LogP contribution >= 0.6 is 0 Å². The Labute approximate surface area is 376 Å². The summed E-state index contributed by atoms with van der Waals surface area (Å²) in [7, 11) is 0. The first-order valence-corrected chi connectivity index (χ1v) is 21.7. The number of carbonyl (C=O) groups is 2. The fourth-order valence-corrected chi connectivity index (χ4v) is 8.49. The summed E-state index contributed by atoms with van der Waals surface area (Å²) in [5, 5.41) is 20.3. The van der Waals surface area contributed by atoms with Crippen LogP contribution in [0.15, 0.2) is 73.6 Å². The molecule has 0 spiro atoms. The Bertz CT molecular complexity index is 2100. The van der Waals surface area contributed by atoms with Gasteiger partial charge in [-0.25, -0.2) is 28.3 Å². The zero-order chi connectivity index (χ0) is 45.6. The molecule has 0 saturated carbocycles. The number of halogens is 2. The van der Waals surface area contributed by atoms with Crippen molar-refractivity contribution >= 4 is 12.2 Å². The van der Waals surface area contributed by atoms with Crippen LogP contribution in [0.3, 0.4) is 0 Å². The van der Waals surface area contributed by atoms with Crippen molar-refractivity contribution in [3.8, 4) is 0 Å². The van der Waals surface area contributed by atoms with E-state index in [1.165, 1.54) is 24.3 Å². The van der Waals surface area contributed by atoms with Gasteiger partial charge < -0.3 is 43.4 Å². The number of morpholine rings is 1. The number of nitrogens with zero attached hydrogens (tertiary/aromatic N) is 8. The molecule has 4 unspecified atom stereocenters. The van der Waals surface area contributed by atoms with Crippen LogP contribution in [0.25, 0.3) is 0 Å². The Balaban J connectivity index is 0.000000237. The Morgan fingerprint density at radius 3 is 1.81 bits per heavy atom. The molecule has 3 fully saturated rings. The molecule has 2 aromatic carbocycles. The van der Waals surface area contributed by atoms with Gasteiger partial charge in [0.05, 0.1) is 86.7 Å². The number of aromatic nitrogens is 4. The molecule has 5 heterocycles. The third-order valence-electron chi connectivity index (χ3n) is 11.7. The van der Waals surface area contributed by atoms with E-state index in [0.717, 1.165) is 29.1 Å². The Kier molecular flexibility index (Phi) is 16.7. The van der Waals surface area contributed by atoms with Crippen molar-refractivity contribution in [2.24, 2.45) is 0 Å². The molecule has 4 aromatic rings. The second kappa shape index (κ2) is 21.4. The van der Waals surface area contributed by atoms with E-state index in [2.05, 4.69) is 26.4 Å². The molecule has 0 radical (unpaired) electrons. The van der Waals surface area contributed by atoms with Crippen molar-refractivity contribution in [2.75, 3.05) is 65.7 Å². The normalized spacial score (nSPS) is 21.1. The van der Waals surface area contributed by atoms with Gasteiger partial charge in [0.15, 0.2) is 0 Å². The number of rotatable bonds is 9. The molecule has 0 aliphatic carbocycles. The van der Waals surface area contributed by atoms with Gasteiger partial charge in [-0.05, 0) is 90.8 Å². The van der Waals surface area contributed by atoms with Gasteiger partial charge in [-0.3, -0.25) is 9.80 Å². The van der Waals surface area contributed by atoms with Crippen molar-refractivity contribution in [1.29, 1.82) is 0 Å². The SMILES string of the molecule is C.C[C@H](c1ccc(F)cc1)n1cncc1C(CO)N1CCN(C(=O)OC(C)(C)C)CC1CO.C[C@H](c1ccc(F)cc1)n1cncc1C1COCC2CN(C(=O)OC(C)(C)C)CCN21. The van der Waals surface area contributed by atoms with E-state index in [-0.39, 0.29) is 68.6 Å². The smallest absolute Gasteiger partial charge is 0.410 e. The molecule has 3 aliphatic rings. The van der Waals surface area contributed by atoms with Crippen LogP contribution in [0, 0.1) is 11.6 Å². The molecule has 352 valence electrons. The lowest BCUT2D eigenvalue weighted by atomic mass is 10.0. The lowest BCUT2D eigenvalue weighted by molar-refractivity contribution is -0.0852. The summed E-state index contributed by atoms with van der Waals surface area (Å²) >= 11 is 0. The van der Waals surface area contributed by atoms with E-state index < -0.39 is 23.3 Å². The molecular formula is C47H68F2N8O7. The standard InChI is InChI=1S/C23H33FN4O4.C23H31FN4O3.CH4/c1-16(17-5-7-18(24)8-6-17)28-15-25-11-20(28)21(14-30)27-10-9-26(12-19(27)13-29)22(31)32-23(2,3)4;1-16(17-5-7-18(24)8-6-17)28-15-25-11-20(28)21-14-30-13-19-12-26(9-10-27(19)21)22(29)31-23(2,3)4;/h5-8,11,15-16,19,21,29-30H,9-10,12-14H2,1-4H3;5-8,11,15-16,19,21H,9-10,12-14H2,1-4H3;1H4/t2*16-,19?,21?;/m11./s1. The second-order valence-corrected chi connectivity index (χ2v) is 18.5. The van der Waals surface area contributed by atoms with Gasteiger partial charge in [0.25, 0.3) is 0 Å². The number of amides is 2.